The van der Waals surface area contributed by atoms with E-state index in [0.29, 0.717) is 11.4 Å². The number of carbonyl (C=O) groups is 2. The quantitative estimate of drug-likeness (QED) is 0.526. The Morgan fingerprint density at radius 1 is 1.00 bits per heavy atom. The molecule has 2 aliphatic rings. The first kappa shape index (κ1) is 21.1. The van der Waals surface area contributed by atoms with Crippen molar-refractivity contribution in [3.05, 3.63) is 83.6 Å². The summed E-state index contributed by atoms with van der Waals surface area (Å²) in [6, 6.07) is 13.6. The maximum atomic E-state index is 13.4. The topological polar surface area (TPSA) is 83.6 Å². The van der Waals surface area contributed by atoms with Crippen molar-refractivity contribution in [3.8, 4) is 11.3 Å². The normalized spacial score (nSPS) is 19.4. The van der Waals surface area contributed by atoms with Crippen LogP contribution in [0.4, 0.5) is 10.1 Å². The molecule has 0 saturated heterocycles. The molecule has 1 aromatic heterocycles. The third-order valence-electron chi connectivity index (χ3n) is 6.58. The summed E-state index contributed by atoms with van der Waals surface area (Å²) in [6.07, 6.45) is 6.33. The van der Waals surface area contributed by atoms with Gasteiger partial charge < -0.3 is 9.63 Å². The third-order valence-corrected chi connectivity index (χ3v) is 6.58. The number of Topliss-reactive ketones (excluding diaryl/α,β-unsaturated/α-hetero) is 1. The first-order valence-electron chi connectivity index (χ1n) is 11.1. The van der Waals surface area contributed by atoms with Crippen LogP contribution in [0.3, 0.4) is 0 Å². The maximum absolute atomic E-state index is 13.4. The Hall–Kier alpha value is -3.74. The van der Waals surface area contributed by atoms with Gasteiger partial charge in [-0.3, -0.25) is 14.5 Å². The second-order valence-corrected chi connectivity index (χ2v) is 8.55. The number of nitrogens with zero attached hydrogens (tertiary/aromatic N) is 2. The highest BCUT2D eigenvalue weighted by molar-refractivity contribution is 6.20. The molecular formula is C26H23FN2O4. The van der Waals surface area contributed by atoms with Crippen molar-refractivity contribution in [3.63, 3.8) is 0 Å². The highest BCUT2D eigenvalue weighted by Crippen LogP contribution is 2.41. The average molecular weight is 446 g/mol. The Morgan fingerprint density at radius 3 is 2.33 bits per heavy atom. The van der Waals surface area contributed by atoms with E-state index in [2.05, 4.69) is 5.16 Å². The third kappa shape index (κ3) is 3.84. The Balaban J connectivity index is 1.54. The van der Waals surface area contributed by atoms with Crippen LogP contribution in [-0.2, 0) is 4.79 Å². The summed E-state index contributed by atoms with van der Waals surface area (Å²) in [5.41, 5.74) is 2.43. The number of aliphatic hydroxyl groups excluding tert-OH is 1. The summed E-state index contributed by atoms with van der Waals surface area (Å²) >= 11 is 0. The van der Waals surface area contributed by atoms with Gasteiger partial charge in [0.25, 0.3) is 5.91 Å². The van der Waals surface area contributed by atoms with E-state index in [4.69, 9.17) is 4.52 Å². The summed E-state index contributed by atoms with van der Waals surface area (Å²) in [5, 5.41) is 14.8. The van der Waals surface area contributed by atoms with E-state index in [1.807, 2.05) is 12.1 Å². The predicted molar refractivity (Wildman–Crippen MR) is 120 cm³/mol. The van der Waals surface area contributed by atoms with Gasteiger partial charge >= 0.3 is 0 Å². The minimum Gasteiger partial charge on any atom is -0.503 e. The zero-order chi connectivity index (χ0) is 22.9. The van der Waals surface area contributed by atoms with Gasteiger partial charge in [-0.15, -0.1) is 0 Å². The molecule has 2 aromatic carbocycles. The van der Waals surface area contributed by atoms with Crippen molar-refractivity contribution in [1.29, 1.82) is 0 Å². The van der Waals surface area contributed by atoms with Gasteiger partial charge in [-0.05, 0) is 55.2 Å². The molecule has 1 amide bonds. The molecule has 1 aliphatic carbocycles. The fourth-order valence-electron chi connectivity index (χ4n) is 4.95. The number of carbonyl (C=O) groups excluding carboxylic acids is 2. The van der Waals surface area contributed by atoms with Crippen LogP contribution in [0.2, 0.25) is 0 Å². The standard InChI is InChI=1S/C26H23FN2O4/c27-19-10-6-18(7-11-19)24(30)22-23(17-4-2-1-3-5-17)29(26(32)25(22)31)20-12-8-16(9-13-20)21-14-15-33-28-21/h6-15,17,23,31H,1-5H2. The number of benzene rings is 2. The minimum absolute atomic E-state index is 0.0435. The van der Waals surface area contributed by atoms with Crippen molar-refractivity contribution in [2.45, 2.75) is 38.1 Å². The number of amides is 1. The smallest absolute Gasteiger partial charge is 0.294 e. The molecule has 2 heterocycles. The summed E-state index contributed by atoms with van der Waals surface area (Å²) in [6.45, 7) is 0. The van der Waals surface area contributed by atoms with Crippen LogP contribution in [0.5, 0.6) is 0 Å². The SMILES string of the molecule is O=C(C1=C(O)C(=O)N(c2ccc(-c3ccon3)cc2)C1C1CCCCC1)c1ccc(F)cc1. The Morgan fingerprint density at radius 2 is 1.70 bits per heavy atom. The number of aliphatic hydroxyl groups is 1. The van der Waals surface area contributed by atoms with Crippen molar-refractivity contribution >= 4 is 17.4 Å². The van der Waals surface area contributed by atoms with Crippen LogP contribution in [-0.4, -0.2) is 28.0 Å². The van der Waals surface area contributed by atoms with E-state index in [-0.39, 0.29) is 17.1 Å². The van der Waals surface area contributed by atoms with E-state index in [1.165, 1.54) is 35.4 Å². The van der Waals surface area contributed by atoms with Crippen molar-refractivity contribution in [2.75, 3.05) is 4.90 Å². The summed E-state index contributed by atoms with van der Waals surface area (Å²) in [4.78, 5) is 28.2. The van der Waals surface area contributed by atoms with E-state index in [0.717, 1.165) is 37.7 Å². The Kier molecular flexibility index (Phi) is 5.54. The van der Waals surface area contributed by atoms with Gasteiger partial charge in [0.15, 0.2) is 11.5 Å². The zero-order valence-electron chi connectivity index (χ0n) is 17.9. The number of ketones is 1. The van der Waals surface area contributed by atoms with Gasteiger partial charge in [0.1, 0.15) is 17.8 Å². The molecule has 0 bridgehead atoms. The molecule has 1 aliphatic heterocycles. The number of rotatable bonds is 5. The molecule has 6 nitrogen and oxygen atoms in total. The number of hydrogen-bond acceptors (Lipinski definition) is 5. The molecule has 1 saturated carbocycles. The molecular weight excluding hydrogens is 423 g/mol. The molecule has 5 rings (SSSR count). The molecule has 168 valence electrons. The molecule has 1 atom stereocenters. The molecule has 3 aromatic rings. The lowest BCUT2D eigenvalue weighted by atomic mass is 9.79. The molecule has 0 radical (unpaired) electrons. The molecule has 33 heavy (non-hydrogen) atoms. The van der Waals surface area contributed by atoms with E-state index in [1.54, 1.807) is 18.2 Å². The van der Waals surface area contributed by atoms with Gasteiger partial charge in [0.2, 0.25) is 0 Å². The second-order valence-electron chi connectivity index (χ2n) is 8.55. The van der Waals surface area contributed by atoms with Gasteiger partial charge in [-0.25, -0.2) is 4.39 Å². The van der Waals surface area contributed by atoms with Crippen LogP contribution in [0.15, 0.2) is 76.7 Å². The molecule has 7 heteroatoms. The molecule has 0 spiro atoms. The minimum atomic E-state index is -0.592. The molecule has 1 unspecified atom stereocenters. The number of halogens is 1. The largest absolute Gasteiger partial charge is 0.503 e. The highest BCUT2D eigenvalue weighted by atomic mass is 19.1. The Labute approximate surface area is 190 Å². The highest BCUT2D eigenvalue weighted by Gasteiger charge is 2.47. The maximum Gasteiger partial charge on any atom is 0.294 e. The molecule has 1 N–H and O–H groups in total. The van der Waals surface area contributed by atoms with Crippen molar-refractivity contribution in [2.24, 2.45) is 5.92 Å². The Bertz CT molecular complexity index is 1190. The first-order chi connectivity index (χ1) is 16.0. The number of anilines is 1. The number of hydrogen-bond donors (Lipinski definition) is 1. The average Bonchev–Trinajstić information content (AvgIpc) is 3.47. The van der Waals surface area contributed by atoms with E-state index < -0.39 is 29.3 Å². The number of aromatic nitrogens is 1. The van der Waals surface area contributed by atoms with Crippen LogP contribution in [0.25, 0.3) is 11.3 Å². The zero-order valence-corrected chi connectivity index (χ0v) is 17.9. The fourth-order valence-corrected chi connectivity index (χ4v) is 4.95. The van der Waals surface area contributed by atoms with Crippen LogP contribution in [0.1, 0.15) is 42.5 Å². The summed E-state index contributed by atoms with van der Waals surface area (Å²) in [5.74, 6) is -1.98. The van der Waals surface area contributed by atoms with Gasteiger partial charge in [0, 0.05) is 22.9 Å². The lowest BCUT2D eigenvalue weighted by Gasteiger charge is -2.35. The lowest BCUT2D eigenvalue weighted by Crippen LogP contribution is -2.42. The van der Waals surface area contributed by atoms with Gasteiger partial charge in [0.05, 0.1) is 11.6 Å². The predicted octanol–water partition coefficient (Wildman–Crippen LogP) is 5.47. The first-order valence-corrected chi connectivity index (χ1v) is 11.1. The van der Waals surface area contributed by atoms with Crippen molar-refractivity contribution in [1.82, 2.24) is 5.16 Å². The summed E-state index contributed by atoms with van der Waals surface area (Å²) in [7, 11) is 0. The fraction of sp³-hybridized carbons (Fsp3) is 0.269. The second kappa shape index (κ2) is 8.65. The summed E-state index contributed by atoms with van der Waals surface area (Å²) < 4.78 is 18.3. The van der Waals surface area contributed by atoms with E-state index in [9.17, 15) is 19.1 Å². The van der Waals surface area contributed by atoms with Gasteiger partial charge in [-0.1, -0.05) is 36.6 Å². The molecule has 1 fully saturated rings. The lowest BCUT2D eigenvalue weighted by molar-refractivity contribution is -0.117. The van der Waals surface area contributed by atoms with Crippen LogP contribution in [0, 0.1) is 11.7 Å². The van der Waals surface area contributed by atoms with Crippen LogP contribution < -0.4 is 4.90 Å². The van der Waals surface area contributed by atoms with Crippen molar-refractivity contribution < 1.29 is 23.6 Å². The van der Waals surface area contributed by atoms with E-state index >= 15 is 0 Å². The van der Waals surface area contributed by atoms with Gasteiger partial charge in [-0.2, -0.15) is 0 Å². The van der Waals surface area contributed by atoms with Crippen LogP contribution >= 0.6 is 0 Å². The monoisotopic (exact) mass is 446 g/mol.